The molecule has 3 rings (SSSR count). The van der Waals surface area contributed by atoms with Gasteiger partial charge in [-0.2, -0.15) is 0 Å². The van der Waals surface area contributed by atoms with Crippen molar-refractivity contribution in [1.82, 2.24) is 5.32 Å². The van der Waals surface area contributed by atoms with Gasteiger partial charge in [0.1, 0.15) is 0 Å². The Bertz CT molecular complexity index is 895. The molecule has 3 nitrogen and oxygen atoms in total. The second-order valence-electron chi connectivity index (χ2n) is 6.07. The molecule has 1 fully saturated rings. The van der Waals surface area contributed by atoms with Crippen LogP contribution in [0.1, 0.15) is 23.6 Å². The first-order valence-electron chi connectivity index (χ1n) is 8.11. The number of hydrogen-bond acceptors (Lipinski definition) is 3. The number of carbonyl (C=O) groups excluding carboxylic acids is 1. The minimum atomic E-state index is -0.102. The maximum absolute atomic E-state index is 12.2. The van der Waals surface area contributed by atoms with Gasteiger partial charge in [0.05, 0.1) is 10.6 Å². The van der Waals surface area contributed by atoms with E-state index in [9.17, 15) is 4.79 Å². The highest BCUT2D eigenvalue weighted by molar-refractivity contribution is 8.18. The number of nitrogens with one attached hydrogen (secondary N) is 1. The highest BCUT2D eigenvalue weighted by atomic mass is 32.2. The molecule has 0 saturated carbocycles. The molecule has 1 amide bonds. The Balaban J connectivity index is 1.80. The van der Waals surface area contributed by atoms with Crippen molar-refractivity contribution >= 4 is 34.6 Å². The lowest BCUT2D eigenvalue weighted by Crippen LogP contribution is -2.19. The fraction of sp³-hybridized carbons (Fsp3) is 0.143. The van der Waals surface area contributed by atoms with Crippen molar-refractivity contribution in [1.29, 1.82) is 0 Å². The predicted octanol–water partition coefficient (Wildman–Crippen LogP) is 5.14. The Labute approximate surface area is 152 Å². The quantitative estimate of drug-likeness (QED) is 0.780. The number of aryl methyl sites for hydroxylation is 2. The van der Waals surface area contributed by atoms with E-state index in [1.165, 1.54) is 17.3 Å². The molecule has 1 N–H and O–H groups in total. The first kappa shape index (κ1) is 17.2. The van der Waals surface area contributed by atoms with Crippen molar-refractivity contribution in [2.24, 2.45) is 4.99 Å². The summed E-state index contributed by atoms with van der Waals surface area (Å²) in [5, 5.41) is 3.46. The molecule has 1 saturated heterocycles. The normalized spacial score (nSPS) is 18.0. The number of amides is 1. The molecular formula is C21H20N2OS. The van der Waals surface area contributed by atoms with Crippen LogP contribution < -0.4 is 5.32 Å². The largest absolute Gasteiger partial charge is 0.300 e. The van der Waals surface area contributed by atoms with Gasteiger partial charge in [-0.25, -0.2) is 4.99 Å². The average Bonchev–Trinajstić information content (AvgIpc) is 2.90. The van der Waals surface area contributed by atoms with E-state index in [1.807, 2.05) is 62.4 Å². The van der Waals surface area contributed by atoms with Crippen molar-refractivity contribution in [2.75, 3.05) is 0 Å². The summed E-state index contributed by atoms with van der Waals surface area (Å²) >= 11 is 1.38. The van der Waals surface area contributed by atoms with Crippen LogP contribution >= 0.6 is 11.8 Å². The number of nitrogens with zero attached hydrogens (tertiary/aromatic N) is 1. The third-order valence-electron chi connectivity index (χ3n) is 3.78. The topological polar surface area (TPSA) is 41.5 Å². The average molecular weight is 348 g/mol. The second-order valence-corrected chi connectivity index (χ2v) is 7.10. The molecule has 126 valence electrons. The summed E-state index contributed by atoms with van der Waals surface area (Å²) in [6.45, 7) is 6.07. The molecule has 0 aliphatic carbocycles. The van der Waals surface area contributed by atoms with E-state index >= 15 is 0 Å². The molecule has 0 radical (unpaired) electrons. The molecule has 0 bridgehead atoms. The molecular weight excluding hydrogens is 328 g/mol. The van der Waals surface area contributed by atoms with E-state index in [1.54, 1.807) is 0 Å². The van der Waals surface area contributed by atoms with Gasteiger partial charge in [0.15, 0.2) is 5.17 Å². The summed E-state index contributed by atoms with van der Waals surface area (Å²) in [6.07, 6.45) is 3.96. The summed E-state index contributed by atoms with van der Waals surface area (Å²) in [6, 6.07) is 16.2. The van der Waals surface area contributed by atoms with E-state index in [0.29, 0.717) is 10.1 Å². The minimum Gasteiger partial charge on any atom is -0.300 e. The number of thioether (sulfide) groups is 1. The van der Waals surface area contributed by atoms with Crippen molar-refractivity contribution < 1.29 is 4.79 Å². The summed E-state index contributed by atoms with van der Waals surface area (Å²) in [7, 11) is 0. The van der Waals surface area contributed by atoms with Crippen LogP contribution in [0.25, 0.3) is 6.08 Å². The van der Waals surface area contributed by atoms with Crippen LogP contribution in [0.4, 0.5) is 5.69 Å². The number of rotatable bonds is 3. The molecule has 1 aliphatic heterocycles. The number of allylic oxidation sites excluding steroid dienone is 2. The number of carbonyl (C=O) groups is 1. The van der Waals surface area contributed by atoms with Gasteiger partial charge < -0.3 is 5.32 Å². The SMILES string of the molecule is CC(=C\c1ccccc1)/C=C1/SC(=Nc2ccc(C)cc2C)NC1=O. The van der Waals surface area contributed by atoms with E-state index in [2.05, 4.69) is 29.4 Å². The number of amidine groups is 1. The van der Waals surface area contributed by atoms with E-state index < -0.39 is 0 Å². The van der Waals surface area contributed by atoms with Gasteiger partial charge in [0.25, 0.3) is 5.91 Å². The van der Waals surface area contributed by atoms with Crippen LogP contribution in [0.5, 0.6) is 0 Å². The van der Waals surface area contributed by atoms with Crippen LogP contribution in [0.3, 0.4) is 0 Å². The van der Waals surface area contributed by atoms with Crippen LogP contribution in [0.2, 0.25) is 0 Å². The lowest BCUT2D eigenvalue weighted by molar-refractivity contribution is -0.115. The van der Waals surface area contributed by atoms with Crippen molar-refractivity contribution in [2.45, 2.75) is 20.8 Å². The zero-order valence-corrected chi connectivity index (χ0v) is 15.4. The molecule has 0 unspecified atom stereocenters. The molecule has 2 aromatic carbocycles. The molecule has 0 spiro atoms. The smallest absolute Gasteiger partial charge is 0.264 e. The van der Waals surface area contributed by atoms with Crippen LogP contribution in [0, 0.1) is 13.8 Å². The van der Waals surface area contributed by atoms with Crippen LogP contribution in [-0.4, -0.2) is 11.1 Å². The van der Waals surface area contributed by atoms with Gasteiger partial charge in [-0.3, -0.25) is 4.79 Å². The third kappa shape index (κ3) is 4.48. The van der Waals surface area contributed by atoms with Crippen molar-refractivity contribution in [3.05, 3.63) is 81.8 Å². The summed E-state index contributed by atoms with van der Waals surface area (Å²) in [5.74, 6) is -0.102. The van der Waals surface area contributed by atoms with Gasteiger partial charge in [-0.15, -0.1) is 0 Å². The number of aliphatic imine (C=N–C) groups is 1. The molecule has 0 aromatic heterocycles. The fourth-order valence-corrected chi connectivity index (χ4v) is 3.47. The van der Waals surface area contributed by atoms with E-state index in [4.69, 9.17) is 0 Å². The highest BCUT2D eigenvalue weighted by Crippen LogP contribution is 2.29. The van der Waals surface area contributed by atoms with Crippen LogP contribution in [0.15, 0.2) is 70.1 Å². The lowest BCUT2D eigenvalue weighted by Gasteiger charge is -2.02. The predicted molar refractivity (Wildman–Crippen MR) is 107 cm³/mol. The molecule has 0 atom stereocenters. The van der Waals surface area contributed by atoms with Crippen molar-refractivity contribution in [3.63, 3.8) is 0 Å². The van der Waals surface area contributed by atoms with Crippen LogP contribution in [-0.2, 0) is 4.79 Å². The molecule has 25 heavy (non-hydrogen) atoms. The Morgan fingerprint density at radius 1 is 1.12 bits per heavy atom. The van der Waals surface area contributed by atoms with Gasteiger partial charge in [0, 0.05) is 0 Å². The lowest BCUT2D eigenvalue weighted by atomic mass is 10.1. The minimum absolute atomic E-state index is 0.102. The zero-order chi connectivity index (χ0) is 17.8. The number of hydrogen-bond donors (Lipinski definition) is 1. The maximum Gasteiger partial charge on any atom is 0.264 e. The van der Waals surface area contributed by atoms with Gasteiger partial charge in [-0.05, 0) is 61.4 Å². The van der Waals surface area contributed by atoms with Gasteiger partial charge in [-0.1, -0.05) is 54.1 Å². The Morgan fingerprint density at radius 3 is 2.60 bits per heavy atom. The summed E-state index contributed by atoms with van der Waals surface area (Å²) < 4.78 is 0. The Hall–Kier alpha value is -2.59. The van der Waals surface area contributed by atoms with E-state index in [-0.39, 0.29) is 5.91 Å². The van der Waals surface area contributed by atoms with E-state index in [0.717, 1.165) is 22.4 Å². The Kier molecular flexibility index (Phi) is 5.19. The van der Waals surface area contributed by atoms with Crippen molar-refractivity contribution in [3.8, 4) is 0 Å². The molecule has 4 heteroatoms. The molecule has 1 aliphatic rings. The van der Waals surface area contributed by atoms with Gasteiger partial charge in [0.2, 0.25) is 0 Å². The standard InChI is InChI=1S/C21H20N2OS/c1-14-9-10-18(16(3)11-14)22-21-23-20(24)19(25-21)13-15(2)12-17-7-5-4-6-8-17/h4-13H,1-3H3,(H,22,23,24)/b15-12+,19-13+. The number of benzene rings is 2. The first-order chi connectivity index (χ1) is 12.0. The zero-order valence-electron chi connectivity index (χ0n) is 14.5. The third-order valence-corrected chi connectivity index (χ3v) is 4.69. The summed E-state index contributed by atoms with van der Waals surface area (Å²) in [5.41, 5.74) is 5.32. The molecule has 2 aromatic rings. The fourth-order valence-electron chi connectivity index (χ4n) is 2.58. The Morgan fingerprint density at radius 2 is 1.88 bits per heavy atom. The maximum atomic E-state index is 12.2. The molecule has 1 heterocycles. The summed E-state index contributed by atoms with van der Waals surface area (Å²) in [4.78, 5) is 17.4. The first-order valence-corrected chi connectivity index (χ1v) is 8.93. The highest BCUT2D eigenvalue weighted by Gasteiger charge is 2.23. The second kappa shape index (κ2) is 7.53. The monoisotopic (exact) mass is 348 g/mol. The van der Waals surface area contributed by atoms with Gasteiger partial charge >= 0.3 is 0 Å².